The van der Waals surface area contributed by atoms with Crippen molar-refractivity contribution in [1.82, 2.24) is 5.32 Å². The minimum atomic E-state index is -1.26. The highest BCUT2D eigenvalue weighted by Crippen LogP contribution is 2.17. The van der Waals surface area contributed by atoms with Gasteiger partial charge in [-0.2, -0.15) is 0 Å². The summed E-state index contributed by atoms with van der Waals surface area (Å²) in [7, 11) is 0. The quantitative estimate of drug-likeness (QED) is 0.791. The Morgan fingerprint density at radius 2 is 2.00 bits per heavy atom. The van der Waals surface area contributed by atoms with Crippen LogP contribution in [-0.2, 0) is 6.42 Å². The Hall–Kier alpha value is -2.47. The maximum Gasteiger partial charge on any atom is 0.319 e. The van der Waals surface area contributed by atoms with E-state index in [1.165, 1.54) is 0 Å². The van der Waals surface area contributed by atoms with Gasteiger partial charge in [0.2, 0.25) is 0 Å². The molecule has 0 unspecified atom stereocenters. The number of hydrogen-bond donors (Lipinski definition) is 3. The van der Waals surface area contributed by atoms with Gasteiger partial charge < -0.3 is 15.7 Å². The number of aliphatic hydroxyl groups is 1. The van der Waals surface area contributed by atoms with Crippen LogP contribution in [0.5, 0.6) is 0 Å². The molecule has 3 N–H and O–H groups in total. The molecular weight excluding hydrogens is 302 g/mol. The zero-order valence-corrected chi connectivity index (χ0v) is 12.6. The van der Waals surface area contributed by atoms with Gasteiger partial charge in [-0.15, -0.1) is 0 Å². The zero-order chi connectivity index (χ0) is 16.8. The Kier molecular flexibility index (Phi) is 5.65. The third-order valence-electron chi connectivity index (χ3n) is 3.37. The molecular formula is C17H18F2N2O2. The van der Waals surface area contributed by atoms with E-state index in [1.807, 2.05) is 25.1 Å². The van der Waals surface area contributed by atoms with Gasteiger partial charge in [-0.25, -0.2) is 13.6 Å². The van der Waals surface area contributed by atoms with Gasteiger partial charge in [0.15, 0.2) is 0 Å². The van der Waals surface area contributed by atoms with Crippen molar-refractivity contribution in [3.05, 3.63) is 65.2 Å². The predicted molar refractivity (Wildman–Crippen MR) is 84.2 cm³/mol. The number of rotatable bonds is 5. The maximum atomic E-state index is 13.5. The van der Waals surface area contributed by atoms with Gasteiger partial charge in [0.25, 0.3) is 0 Å². The van der Waals surface area contributed by atoms with Crippen molar-refractivity contribution >= 4 is 11.7 Å². The molecule has 0 heterocycles. The second-order valence-corrected chi connectivity index (χ2v) is 5.07. The molecule has 0 aromatic heterocycles. The lowest BCUT2D eigenvalue weighted by Crippen LogP contribution is -2.32. The number of urea groups is 1. The van der Waals surface area contributed by atoms with E-state index in [9.17, 15) is 18.7 Å². The summed E-state index contributed by atoms with van der Waals surface area (Å²) in [6, 6.07) is 9.75. The summed E-state index contributed by atoms with van der Waals surface area (Å²) in [6.45, 7) is 1.81. The predicted octanol–water partition coefficient (Wildman–Crippen LogP) is 3.38. The molecule has 1 atom stereocenters. The second-order valence-electron chi connectivity index (χ2n) is 5.07. The first-order valence-corrected chi connectivity index (χ1v) is 7.26. The van der Waals surface area contributed by atoms with Crippen LogP contribution in [-0.4, -0.2) is 17.7 Å². The molecule has 0 spiro atoms. The summed E-state index contributed by atoms with van der Waals surface area (Å²) in [6.07, 6.45) is -0.414. The summed E-state index contributed by atoms with van der Waals surface area (Å²) < 4.78 is 26.4. The lowest BCUT2D eigenvalue weighted by molar-refractivity contribution is 0.170. The summed E-state index contributed by atoms with van der Waals surface area (Å²) in [5.41, 5.74) is 1.64. The number of amides is 2. The number of anilines is 1. The van der Waals surface area contributed by atoms with E-state index < -0.39 is 23.8 Å². The minimum absolute atomic E-state index is 0.0697. The van der Waals surface area contributed by atoms with E-state index in [4.69, 9.17) is 0 Å². The summed E-state index contributed by atoms with van der Waals surface area (Å²) in [5.74, 6) is -1.57. The number of halogens is 2. The van der Waals surface area contributed by atoms with Gasteiger partial charge in [-0.3, -0.25) is 0 Å². The number of carbonyl (C=O) groups is 1. The molecule has 0 bridgehead atoms. The SMILES string of the molecule is CCc1cccc(NC(=O)NC[C@@H](O)c2ccc(F)cc2F)c1. The van der Waals surface area contributed by atoms with Gasteiger partial charge in [0, 0.05) is 23.9 Å². The van der Waals surface area contributed by atoms with Crippen LogP contribution in [0.3, 0.4) is 0 Å². The van der Waals surface area contributed by atoms with Crippen LogP contribution in [0, 0.1) is 11.6 Å². The summed E-state index contributed by atoms with van der Waals surface area (Å²) >= 11 is 0. The molecule has 2 rings (SSSR count). The molecule has 2 aromatic carbocycles. The third kappa shape index (κ3) is 4.75. The molecule has 0 aliphatic carbocycles. The average Bonchev–Trinajstić information content (AvgIpc) is 2.53. The molecule has 4 nitrogen and oxygen atoms in total. The van der Waals surface area contributed by atoms with Crippen molar-refractivity contribution in [1.29, 1.82) is 0 Å². The number of benzene rings is 2. The third-order valence-corrected chi connectivity index (χ3v) is 3.37. The van der Waals surface area contributed by atoms with Crippen LogP contribution in [0.25, 0.3) is 0 Å². The van der Waals surface area contributed by atoms with Crippen molar-refractivity contribution < 1.29 is 18.7 Å². The molecule has 2 aromatic rings. The smallest absolute Gasteiger partial charge is 0.319 e. The van der Waals surface area contributed by atoms with Crippen LogP contribution in [0.1, 0.15) is 24.2 Å². The fourth-order valence-electron chi connectivity index (χ4n) is 2.12. The highest BCUT2D eigenvalue weighted by atomic mass is 19.1. The number of hydrogen-bond acceptors (Lipinski definition) is 2. The highest BCUT2D eigenvalue weighted by Gasteiger charge is 2.14. The topological polar surface area (TPSA) is 61.4 Å². The monoisotopic (exact) mass is 320 g/mol. The molecule has 6 heteroatoms. The van der Waals surface area contributed by atoms with Crippen LogP contribution in [0.15, 0.2) is 42.5 Å². The maximum absolute atomic E-state index is 13.5. The van der Waals surface area contributed by atoms with Crippen molar-refractivity contribution in [3.63, 3.8) is 0 Å². The lowest BCUT2D eigenvalue weighted by Gasteiger charge is -2.14. The van der Waals surface area contributed by atoms with Crippen molar-refractivity contribution in [2.24, 2.45) is 0 Å². The average molecular weight is 320 g/mol. The standard InChI is InChI=1S/C17H18F2N2O2/c1-2-11-4-3-5-13(8-11)21-17(23)20-10-16(22)14-7-6-12(18)9-15(14)19/h3-9,16,22H,2,10H2,1H3,(H2,20,21,23)/t16-/m1/s1. The lowest BCUT2D eigenvalue weighted by atomic mass is 10.1. The van der Waals surface area contributed by atoms with Gasteiger partial charge in [0.1, 0.15) is 11.6 Å². The molecule has 122 valence electrons. The first-order chi connectivity index (χ1) is 11.0. The van der Waals surface area contributed by atoms with E-state index in [0.29, 0.717) is 11.8 Å². The zero-order valence-electron chi connectivity index (χ0n) is 12.6. The Bertz CT molecular complexity index is 692. The normalized spacial score (nSPS) is 11.8. The largest absolute Gasteiger partial charge is 0.386 e. The summed E-state index contributed by atoms with van der Waals surface area (Å²) in [4.78, 5) is 11.8. The van der Waals surface area contributed by atoms with E-state index in [-0.39, 0.29) is 12.1 Å². The Morgan fingerprint density at radius 3 is 2.70 bits per heavy atom. The molecule has 0 saturated carbocycles. The second kappa shape index (κ2) is 7.69. The van der Waals surface area contributed by atoms with Crippen LogP contribution < -0.4 is 10.6 Å². The Morgan fingerprint density at radius 1 is 1.22 bits per heavy atom. The van der Waals surface area contributed by atoms with Crippen LogP contribution >= 0.6 is 0 Å². The molecule has 2 amide bonds. The van der Waals surface area contributed by atoms with Crippen LogP contribution in [0.4, 0.5) is 19.3 Å². The number of nitrogens with one attached hydrogen (secondary N) is 2. The fourth-order valence-corrected chi connectivity index (χ4v) is 2.12. The van der Waals surface area contributed by atoms with Crippen LogP contribution in [0.2, 0.25) is 0 Å². The van der Waals surface area contributed by atoms with E-state index in [2.05, 4.69) is 10.6 Å². The van der Waals surface area contributed by atoms with Gasteiger partial charge in [-0.05, 0) is 30.2 Å². The fraction of sp³-hybridized carbons (Fsp3) is 0.235. The molecule has 0 fully saturated rings. The molecule has 23 heavy (non-hydrogen) atoms. The summed E-state index contributed by atoms with van der Waals surface area (Å²) in [5, 5.41) is 15.0. The van der Waals surface area contributed by atoms with Crippen molar-refractivity contribution in [2.75, 3.05) is 11.9 Å². The molecule has 0 aliphatic heterocycles. The molecule has 0 radical (unpaired) electrons. The minimum Gasteiger partial charge on any atom is -0.386 e. The first kappa shape index (κ1) is 16.9. The van der Waals surface area contributed by atoms with Gasteiger partial charge in [0.05, 0.1) is 6.10 Å². The number of carbonyl (C=O) groups excluding carboxylic acids is 1. The number of aryl methyl sites for hydroxylation is 1. The Labute approximate surface area is 133 Å². The van der Waals surface area contributed by atoms with Gasteiger partial charge in [-0.1, -0.05) is 25.1 Å². The first-order valence-electron chi connectivity index (χ1n) is 7.26. The van der Waals surface area contributed by atoms with E-state index in [1.54, 1.807) is 6.07 Å². The van der Waals surface area contributed by atoms with Crippen molar-refractivity contribution in [3.8, 4) is 0 Å². The van der Waals surface area contributed by atoms with E-state index >= 15 is 0 Å². The van der Waals surface area contributed by atoms with E-state index in [0.717, 1.165) is 24.1 Å². The van der Waals surface area contributed by atoms with Crippen molar-refractivity contribution in [2.45, 2.75) is 19.4 Å². The molecule has 0 saturated heterocycles. The number of aliphatic hydroxyl groups excluding tert-OH is 1. The molecule has 0 aliphatic rings. The Balaban J connectivity index is 1.90. The van der Waals surface area contributed by atoms with Gasteiger partial charge >= 0.3 is 6.03 Å². The highest BCUT2D eigenvalue weighted by molar-refractivity contribution is 5.89.